The largest absolute Gasteiger partial charge is 0.453 e. The van der Waals surface area contributed by atoms with Crippen LogP contribution in [0.4, 0.5) is 9.59 Å². The van der Waals surface area contributed by atoms with Crippen molar-refractivity contribution in [1.29, 1.82) is 0 Å². The van der Waals surface area contributed by atoms with Gasteiger partial charge in [-0.1, -0.05) is 55.8 Å². The summed E-state index contributed by atoms with van der Waals surface area (Å²) in [5.41, 5.74) is 0.940. The Kier molecular flexibility index (Phi) is 14.0. The predicted molar refractivity (Wildman–Crippen MR) is 144 cm³/mol. The van der Waals surface area contributed by atoms with Crippen LogP contribution in [0.2, 0.25) is 5.02 Å². The molecule has 0 aliphatic heterocycles. The Morgan fingerprint density at radius 3 is 2.58 bits per heavy atom. The van der Waals surface area contributed by atoms with E-state index in [-0.39, 0.29) is 24.2 Å². The predicted octanol–water partition coefficient (Wildman–Crippen LogP) is 5.12. The average Bonchev–Trinajstić information content (AvgIpc) is 2.85. The summed E-state index contributed by atoms with van der Waals surface area (Å²) < 4.78 is 10.7. The quantitative estimate of drug-likeness (QED) is 0.294. The van der Waals surface area contributed by atoms with Gasteiger partial charge in [-0.05, 0) is 57.4 Å². The molecule has 3 N–H and O–H groups in total. The average molecular weight is 525 g/mol. The van der Waals surface area contributed by atoms with Gasteiger partial charge in [0.2, 0.25) is 0 Å². The number of urea groups is 1. The van der Waals surface area contributed by atoms with Gasteiger partial charge in [0, 0.05) is 36.7 Å². The molecule has 1 aliphatic rings. The van der Waals surface area contributed by atoms with Crippen molar-refractivity contribution in [2.45, 2.75) is 77.0 Å². The Hall–Kier alpha value is -2.03. The van der Waals surface area contributed by atoms with E-state index in [1.807, 2.05) is 50.1 Å². The Morgan fingerprint density at radius 2 is 1.94 bits per heavy atom. The number of hydrogen-bond donors (Lipinski definition) is 3. The highest BCUT2D eigenvalue weighted by Gasteiger charge is 2.25. The first-order valence-electron chi connectivity index (χ1n) is 13.2. The van der Waals surface area contributed by atoms with Crippen molar-refractivity contribution in [2.24, 2.45) is 5.92 Å². The molecule has 2 atom stereocenters. The molecule has 1 saturated carbocycles. The highest BCUT2D eigenvalue weighted by atomic mass is 35.5. The summed E-state index contributed by atoms with van der Waals surface area (Å²) in [6, 6.07) is 7.67. The summed E-state index contributed by atoms with van der Waals surface area (Å²) in [4.78, 5) is 26.6. The lowest BCUT2D eigenvalue weighted by molar-refractivity contribution is 0.0408. The van der Waals surface area contributed by atoms with Crippen LogP contribution in [-0.2, 0) is 9.47 Å². The smallest absolute Gasteiger partial charge is 0.406 e. The highest BCUT2D eigenvalue weighted by molar-refractivity contribution is 6.30. The summed E-state index contributed by atoms with van der Waals surface area (Å²) in [5.74, 6) is 0.684. The number of likely N-dealkylation sites (N-methyl/N-ethyl adjacent to an activating group) is 1. The Balaban J connectivity index is 2.00. The molecule has 3 amide bonds. The minimum Gasteiger partial charge on any atom is -0.453 e. The Bertz CT molecular complexity index is 789. The number of amides is 3. The minimum atomic E-state index is -0.495. The number of hydrogen-bond acceptors (Lipinski definition) is 5. The first kappa shape index (κ1) is 30.2. The zero-order valence-electron chi connectivity index (χ0n) is 22.4. The van der Waals surface area contributed by atoms with Crippen molar-refractivity contribution >= 4 is 23.7 Å². The first-order chi connectivity index (χ1) is 17.3. The Morgan fingerprint density at radius 1 is 1.19 bits per heavy atom. The van der Waals surface area contributed by atoms with E-state index in [2.05, 4.69) is 20.7 Å². The van der Waals surface area contributed by atoms with E-state index in [4.69, 9.17) is 16.3 Å². The molecule has 0 unspecified atom stereocenters. The third-order valence-corrected chi connectivity index (χ3v) is 6.97. The second-order valence-corrected chi connectivity index (χ2v) is 10.3. The van der Waals surface area contributed by atoms with Crippen LogP contribution in [0.5, 0.6) is 0 Å². The molecule has 204 valence electrons. The molecule has 0 saturated heterocycles. The fourth-order valence-corrected chi connectivity index (χ4v) is 5.05. The maximum atomic E-state index is 13.3. The van der Waals surface area contributed by atoms with Crippen LogP contribution in [0.3, 0.4) is 0 Å². The van der Waals surface area contributed by atoms with Gasteiger partial charge >= 0.3 is 12.1 Å². The molecule has 0 aromatic heterocycles. The van der Waals surface area contributed by atoms with Crippen LogP contribution in [-0.4, -0.2) is 69.5 Å². The lowest BCUT2D eigenvalue weighted by Crippen LogP contribution is -2.51. The molecule has 9 heteroatoms. The van der Waals surface area contributed by atoms with Crippen molar-refractivity contribution in [3.8, 4) is 0 Å². The van der Waals surface area contributed by atoms with Crippen LogP contribution in [0, 0.1) is 5.92 Å². The lowest BCUT2D eigenvalue weighted by atomic mass is 9.85. The summed E-state index contributed by atoms with van der Waals surface area (Å²) in [6.07, 6.45) is 7.28. The number of methoxy groups -OCH3 is 1. The molecule has 1 aromatic rings. The van der Waals surface area contributed by atoms with Crippen LogP contribution in [0.1, 0.15) is 70.5 Å². The monoisotopic (exact) mass is 524 g/mol. The summed E-state index contributed by atoms with van der Waals surface area (Å²) in [7, 11) is 3.26. The topological polar surface area (TPSA) is 91.9 Å². The molecule has 0 radical (unpaired) electrons. The van der Waals surface area contributed by atoms with Gasteiger partial charge < -0.3 is 30.3 Å². The number of nitrogens with one attached hydrogen (secondary N) is 3. The van der Waals surface area contributed by atoms with Gasteiger partial charge in [0.25, 0.3) is 0 Å². The minimum absolute atomic E-state index is 0.0379. The molecule has 8 nitrogen and oxygen atoms in total. The zero-order chi connectivity index (χ0) is 26.3. The standard InChI is InChI=1S/C27H45ClN4O4/c1-20(2)32(26(33)31-24(19-29-3)17-21-9-6-5-7-10-21)15-13-25(22-11-8-12-23(28)18-22)36-16-14-30-27(34)35-4/h8,11-12,18,20-21,24-25,29H,5-7,9-10,13-17,19H2,1-4H3,(H,30,34)(H,31,33)/t24-,25-/m0/s1. The van der Waals surface area contributed by atoms with Crippen molar-refractivity contribution < 1.29 is 19.1 Å². The van der Waals surface area contributed by atoms with Crippen molar-refractivity contribution in [3.63, 3.8) is 0 Å². The Labute approximate surface area is 221 Å². The van der Waals surface area contributed by atoms with E-state index in [1.165, 1.54) is 39.2 Å². The highest BCUT2D eigenvalue weighted by Crippen LogP contribution is 2.28. The normalized spacial score (nSPS) is 15.8. The van der Waals surface area contributed by atoms with Crippen LogP contribution in [0.25, 0.3) is 0 Å². The molecular weight excluding hydrogens is 480 g/mol. The van der Waals surface area contributed by atoms with Gasteiger partial charge in [-0.25, -0.2) is 9.59 Å². The molecule has 1 aliphatic carbocycles. The van der Waals surface area contributed by atoms with Gasteiger partial charge in [-0.3, -0.25) is 0 Å². The third kappa shape index (κ3) is 10.9. The van der Waals surface area contributed by atoms with Crippen LogP contribution in [0.15, 0.2) is 24.3 Å². The number of rotatable bonds is 14. The molecular formula is C27H45ClN4O4. The van der Waals surface area contributed by atoms with E-state index < -0.39 is 6.09 Å². The zero-order valence-corrected chi connectivity index (χ0v) is 23.1. The van der Waals surface area contributed by atoms with Crippen LogP contribution >= 0.6 is 11.6 Å². The molecule has 1 fully saturated rings. The van der Waals surface area contributed by atoms with Crippen molar-refractivity contribution in [3.05, 3.63) is 34.9 Å². The maximum absolute atomic E-state index is 13.3. The summed E-state index contributed by atoms with van der Waals surface area (Å²) in [5, 5.41) is 9.79. The molecule has 36 heavy (non-hydrogen) atoms. The van der Waals surface area contributed by atoms with Gasteiger partial charge in [0.15, 0.2) is 0 Å². The summed E-state index contributed by atoms with van der Waals surface area (Å²) in [6.45, 7) is 5.99. The second kappa shape index (κ2) is 16.7. The van der Waals surface area contributed by atoms with Gasteiger partial charge in [-0.15, -0.1) is 0 Å². The number of alkyl carbamates (subject to hydrolysis) is 1. The molecule has 0 bridgehead atoms. The molecule has 0 heterocycles. The molecule has 0 spiro atoms. The first-order valence-corrected chi connectivity index (χ1v) is 13.6. The molecule has 1 aromatic carbocycles. The van der Waals surface area contributed by atoms with E-state index in [9.17, 15) is 9.59 Å². The summed E-state index contributed by atoms with van der Waals surface area (Å²) >= 11 is 6.23. The number of ether oxygens (including phenoxy) is 2. The fraction of sp³-hybridized carbons (Fsp3) is 0.704. The maximum Gasteiger partial charge on any atom is 0.406 e. The number of nitrogens with zero attached hydrogens (tertiary/aromatic N) is 1. The van der Waals surface area contributed by atoms with Gasteiger partial charge in [0.05, 0.1) is 19.8 Å². The second-order valence-electron chi connectivity index (χ2n) is 9.85. The third-order valence-electron chi connectivity index (χ3n) is 6.73. The van der Waals surface area contributed by atoms with Crippen molar-refractivity contribution in [1.82, 2.24) is 20.9 Å². The molecule has 2 rings (SSSR count). The number of benzene rings is 1. The van der Waals surface area contributed by atoms with Gasteiger partial charge in [0.1, 0.15) is 0 Å². The van der Waals surface area contributed by atoms with E-state index in [1.54, 1.807) is 0 Å². The number of carbonyl (C=O) groups excluding carboxylic acids is 2. The van der Waals surface area contributed by atoms with Crippen molar-refractivity contribution in [2.75, 3.05) is 40.4 Å². The fourth-order valence-electron chi connectivity index (χ4n) is 4.85. The van der Waals surface area contributed by atoms with Gasteiger partial charge in [-0.2, -0.15) is 0 Å². The van der Waals surface area contributed by atoms with E-state index in [0.29, 0.717) is 37.1 Å². The van der Waals surface area contributed by atoms with E-state index >= 15 is 0 Å². The lowest BCUT2D eigenvalue weighted by Gasteiger charge is -2.32. The number of halogens is 1. The van der Waals surface area contributed by atoms with E-state index in [0.717, 1.165) is 18.5 Å². The number of carbonyl (C=O) groups is 2. The van der Waals surface area contributed by atoms with Crippen LogP contribution < -0.4 is 16.0 Å². The SMILES string of the molecule is CNC[C@H](CC1CCCCC1)NC(=O)N(CC[C@H](OCCNC(=O)OC)c1cccc(Cl)c1)C(C)C.